The van der Waals surface area contributed by atoms with E-state index in [1.54, 1.807) is 30.3 Å². The number of rotatable bonds is 5. The first-order valence-corrected chi connectivity index (χ1v) is 9.47. The maximum Gasteiger partial charge on any atom is 0.268 e. The summed E-state index contributed by atoms with van der Waals surface area (Å²) < 4.78 is 43.6. The number of aliphatic hydroxyl groups is 1. The normalized spacial score (nSPS) is 16.8. The molecule has 8 heteroatoms. The van der Waals surface area contributed by atoms with Gasteiger partial charge in [-0.3, -0.25) is 4.31 Å². The Balaban J connectivity index is 2.16. The molecule has 1 N–H and O–H groups in total. The van der Waals surface area contributed by atoms with Crippen LogP contribution in [-0.4, -0.2) is 41.4 Å². The van der Waals surface area contributed by atoms with Crippen molar-refractivity contribution < 1.29 is 27.7 Å². The second-order valence-corrected chi connectivity index (χ2v) is 7.65. The van der Waals surface area contributed by atoms with Crippen LogP contribution in [0.1, 0.15) is 18.1 Å². The van der Waals surface area contributed by atoms with Gasteiger partial charge in [-0.05, 0) is 24.6 Å². The van der Waals surface area contributed by atoms with Gasteiger partial charge in [0, 0.05) is 24.2 Å². The third-order valence-corrected chi connectivity index (χ3v) is 6.24. The van der Waals surface area contributed by atoms with E-state index in [2.05, 4.69) is 0 Å². The van der Waals surface area contributed by atoms with E-state index >= 15 is 0 Å². The SMILES string of the molecule is COc1ccc2c(c1)N(S(=O)(=O)c1cc(OC)ccc1OC)CCC2O. The van der Waals surface area contributed by atoms with Crippen molar-refractivity contribution >= 4 is 15.7 Å². The van der Waals surface area contributed by atoms with Gasteiger partial charge in [-0.25, -0.2) is 8.42 Å². The number of sulfonamides is 1. The van der Waals surface area contributed by atoms with E-state index in [0.717, 1.165) is 0 Å². The fourth-order valence-corrected chi connectivity index (χ4v) is 4.69. The van der Waals surface area contributed by atoms with Crippen LogP contribution in [-0.2, 0) is 10.0 Å². The highest BCUT2D eigenvalue weighted by Gasteiger charge is 2.34. The summed E-state index contributed by atoms with van der Waals surface area (Å²) in [6.45, 7) is 0.143. The number of benzene rings is 2. The molecule has 0 aromatic heterocycles. The van der Waals surface area contributed by atoms with Crippen molar-refractivity contribution in [3.8, 4) is 17.2 Å². The van der Waals surface area contributed by atoms with Gasteiger partial charge < -0.3 is 19.3 Å². The summed E-state index contributed by atoms with van der Waals surface area (Å²) in [5, 5.41) is 10.3. The first-order valence-electron chi connectivity index (χ1n) is 8.03. The molecule has 7 nitrogen and oxygen atoms in total. The summed E-state index contributed by atoms with van der Waals surface area (Å²) in [7, 11) is 0.450. The van der Waals surface area contributed by atoms with Crippen LogP contribution in [0.25, 0.3) is 0 Å². The number of fused-ring (bicyclic) bond motifs is 1. The Kier molecular flexibility index (Phi) is 4.97. The van der Waals surface area contributed by atoms with E-state index in [-0.39, 0.29) is 17.2 Å². The smallest absolute Gasteiger partial charge is 0.268 e. The highest BCUT2D eigenvalue weighted by atomic mass is 32.2. The van der Waals surface area contributed by atoms with E-state index in [1.165, 1.54) is 31.7 Å². The highest BCUT2D eigenvalue weighted by molar-refractivity contribution is 7.93. The van der Waals surface area contributed by atoms with E-state index in [4.69, 9.17) is 14.2 Å². The lowest BCUT2D eigenvalue weighted by Gasteiger charge is -2.33. The summed E-state index contributed by atoms with van der Waals surface area (Å²) in [6, 6.07) is 9.61. The predicted molar refractivity (Wildman–Crippen MR) is 96.6 cm³/mol. The molecule has 0 amide bonds. The molecule has 140 valence electrons. The maximum absolute atomic E-state index is 13.4. The molecule has 26 heavy (non-hydrogen) atoms. The van der Waals surface area contributed by atoms with Gasteiger partial charge in [0.25, 0.3) is 10.0 Å². The van der Waals surface area contributed by atoms with Crippen molar-refractivity contribution in [3.05, 3.63) is 42.0 Å². The molecular formula is C18H21NO6S. The molecule has 1 aliphatic rings. The number of aliphatic hydroxyl groups excluding tert-OH is 1. The van der Waals surface area contributed by atoms with E-state index < -0.39 is 16.1 Å². The molecule has 1 heterocycles. The minimum Gasteiger partial charge on any atom is -0.497 e. The summed E-state index contributed by atoms with van der Waals surface area (Å²) in [6.07, 6.45) is -0.431. The van der Waals surface area contributed by atoms with Crippen molar-refractivity contribution in [3.63, 3.8) is 0 Å². The number of methoxy groups -OCH3 is 3. The van der Waals surface area contributed by atoms with Crippen molar-refractivity contribution in [1.82, 2.24) is 0 Å². The Morgan fingerprint density at radius 2 is 1.65 bits per heavy atom. The topological polar surface area (TPSA) is 85.3 Å². The van der Waals surface area contributed by atoms with Gasteiger partial charge in [-0.15, -0.1) is 0 Å². The average Bonchev–Trinajstić information content (AvgIpc) is 2.67. The molecule has 1 unspecified atom stereocenters. The van der Waals surface area contributed by atoms with Crippen LogP contribution < -0.4 is 18.5 Å². The third-order valence-electron chi connectivity index (χ3n) is 4.41. The van der Waals surface area contributed by atoms with Gasteiger partial charge in [0.15, 0.2) is 0 Å². The quantitative estimate of drug-likeness (QED) is 0.858. The van der Waals surface area contributed by atoms with Crippen LogP contribution in [0.4, 0.5) is 5.69 Å². The monoisotopic (exact) mass is 379 g/mol. The highest BCUT2D eigenvalue weighted by Crippen LogP contribution is 2.41. The molecule has 0 aliphatic carbocycles. The zero-order valence-electron chi connectivity index (χ0n) is 14.8. The Bertz CT molecular complexity index is 912. The van der Waals surface area contributed by atoms with Crippen LogP contribution in [0, 0.1) is 0 Å². The number of hydrogen-bond donors (Lipinski definition) is 1. The summed E-state index contributed by atoms with van der Waals surface area (Å²) in [5.74, 6) is 1.14. The Morgan fingerprint density at radius 3 is 2.31 bits per heavy atom. The van der Waals surface area contributed by atoms with Crippen LogP contribution in [0.5, 0.6) is 17.2 Å². The van der Waals surface area contributed by atoms with Gasteiger partial charge in [0.1, 0.15) is 22.1 Å². The molecule has 3 rings (SSSR count). The molecule has 0 radical (unpaired) electrons. The molecule has 1 aliphatic heterocycles. The van der Waals surface area contributed by atoms with Crippen LogP contribution in [0.2, 0.25) is 0 Å². The van der Waals surface area contributed by atoms with Gasteiger partial charge in [0.05, 0.1) is 33.1 Å². The lowest BCUT2D eigenvalue weighted by atomic mass is 10.0. The molecule has 1 atom stereocenters. The van der Waals surface area contributed by atoms with Crippen LogP contribution in [0.3, 0.4) is 0 Å². The summed E-state index contributed by atoms with van der Waals surface area (Å²) in [4.78, 5) is 0.00418. The van der Waals surface area contributed by atoms with Crippen molar-refractivity contribution in [1.29, 1.82) is 0 Å². The largest absolute Gasteiger partial charge is 0.497 e. The second-order valence-electron chi connectivity index (χ2n) is 5.82. The van der Waals surface area contributed by atoms with Crippen molar-refractivity contribution in [2.75, 3.05) is 32.2 Å². The van der Waals surface area contributed by atoms with Crippen LogP contribution in [0.15, 0.2) is 41.3 Å². The zero-order valence-corrected chi connectivity index (χ0v) is 15.6. The fraction of sp³-hybridized carbons (Fsp3) is 0.333. The minimum absolute atomic E-state index is 0.00418. The third kappa shape index (κ3) is 3.06. The van der Waals surface area contributed by atoms with Gasteiger partial charge in [-0.2, -0.15) is 0 Å². The van der Waals surface area contributed by atoms with E-state index in [1.807, 2.05) is 0 Å². The Hall–Kier alpha value is -2.45. The summed E-state index contributed by atoms with van der Waals surface area (Å²) >= 11 is 0. The lowest BCUT2D eigenvalue weighted by molar-refractivity contribution is 0.166. The maximum atomic E-state index is 13.4. The number of nitrogens with zero attached hydrogens (tertiary/aromatic N) is 1. The van der Waals surface area contributed by atoms with Gasteiger partial charge in [-0.1, -0.05) is 6.07 Å². The first kappa shape index (κ1) is 18.3. The van der Waals surface area contributed by atoms with Crippen molar-refractivity contribution in [2.24, 2.45) is 0 Å². The Labute approximate surface area is 152 Å². The lowest BCUT2D eigenvalue weighted by Crippen LogP contribution is -2.37. The van der Waals surface area contributed by atoms with E-state index in [9.17, 15) is 13.5 Å². The molecule has 0 saturated carbocycles. The van der Waals surface area contributed by atoms with Crippen molar-refractivity contribution in [2.45, 2.75) is 17.4 Å². The zero-order chi connectivity index (χ0) is 18.9. The predicted octanol–water partition coefficient (Wildman–Crippen LogP) is 2.34. The number of ether oxygens (including phenoxy) is 3. The molecule has 0 saturated heterocycles. The molecule has 0 spiro atoms. The number of anilines is 1. The molecule has 2 aromatic rings. The standard InChI is InChI=1S/C18H21NO6S/c1-23-12-4-6-14-15(10-12)19(9-8-16(14)20)26(21,22)18-11-13(24-2)5-7-17(18)25-3/h4-7,10-11,16,20H,8-9H2,1-3H3. The molecule has 0 fully saturated rings. The minimum atomic E-state index is -3.94. The molecule has 2 aromatic carbocycles. The fourth-order valence-electron chi connectivity index (χ4n) is 3.02. The summed E-state index contributed by atoms with van der Waals surface area (Å²) in [5.41, 5.74) is 0.940. The first-order chi connectivity index (χ1) is 12.4. The Morgan fingerprint density at radius 1 is 1.00 bits per heavy atom. The molecule has 0 bridgehead atoms. The van der Waals surface area contributed by atoms with Gasteiger partial charge in [0.2, 0.25) is 0 Å². The molecular weight excluding hydrogens is 358 g/mol. The average molecular weight is 379 g/mol. The van der Waals surface area contributed by atoms with Crippen LogP contribution >= 0.6 is 0 Å². The second kappa shape index (κ2) is 7.05. The number of hydrogen-bond acceptors (Lipinski definition) is 6. The van der Waals surface area contributed by atoms with E-state index in [0.29, 0.717) is 29.2 Å². The van der Waals surface area contributed by atoms with Gasteiger partial charge >= 0.3 is 0 Å².